The number of aryl methyl sites for hydroxylation is 4. The molecule has 0 radical (unpaired) electrons. The SMILES string of the molecule is Cc1ccc(-c2ccc(OCCNC(=O)COc3c(C)cc(C)cc3C)nn2)cc1. The van der Waals surface area contributed by atoms with Crippen molar-refractivity contribution in [3.05, 3.63) is 70.8 Å². The van der Waals surface area contributed by atoms with Crippen LogP contribution < -0.4 is 14.8 Å². The van der Waals surface area contributed by atoms with E-state index in [0.717, 1.165) is 28.1 Å². The van der Waals surface area contributed by atoms with Crippen molar-refractivity contribution in [3.8, 4) is 22.9 Å². The van der Waals surface area contributed by atoms with Gasteiger partial charge in [-0.1, -0.05) is 47.5 Å². The molecule has 6 nitrogen and oxygen atoms in total. The minimum atomic E-state index is -0.196. The van der Waals surface area contributed by atoms with Gasteiger partial charge in [0.25, 0.3) is 5.91 Å². The van der Waals surface area contributed by atoms with Crippen LogP contribution in [0.4, 0.5) is 0 Å². The van der Waals surface area contributed by atoms with Crippen molar-refractivity contribution in [1.29, 1.82) is 0 Å². The molecule has 1 amide bonds. The third kappa shape index (κ3) is 5.80. The minimum Gasteiger partial charge on any atom is -0.483 e. The molecule has 0 spiro atoms. The van der Waals surface area contributed by atoms with Crippen LogP contribution in [0.2, 0.25) is 0 Å². The van der Waals surface area contributed by atoms with E-state index in [1.807, 2.05) is 70.2 Å². The molecule has 0 unspecified atom stereocenters. The van der Waals surface area contributed by atoms with Crippen LogP contribution in [0.25, 0.3) is 11.3 Å². The number of nitrogens with zero attached hydrogens (tertiary/aromatic N) is 2. The number of amides is 1. The van der Waals surface area contributed by atoms with Gasteiger partial charge in [-0.15, -0.1) is 10.2 Å². The molecule has 2 aromatic carbocycles. The largest absolute Gasteiger partial charge is 0.483 e. The highest BCUT2D eigenvalue weighted by Crippen LogP contribution is 2.24. The van der Waals surface area contributed by atoms with Gasteiger partial charge in [-0.3, -0.25) is 4.79 Å². The van der Waals surface area contributed by atoms with Gasteiger partial charge in [0.1, 0.15) is 12.4 Å². The van der Waals surface area contributed by atoms with Crippen molar-refractivity contribution < 1.29 is 14.3 Å². The molecule has 0 saturated heterocycles. The maximum absolute atomic E-state index is 12.0. The topological polar surface area (TPSA) is 73.3 Å². The number of nitrogens with one attached hydrogen (secondary N) is 1. The Bertz CT molecular complexity index is 976. The molecule has 6 heteroatoms. The van der Waals surface area contributed by atoms with Gasteiger partial charge in [0.05, 0.1) is 12.2 Å². The predicted octanol–water partition coefficient (Wildman–Crippen LogP) is 3.95. The highest BCUT2D eigenvalue weighted by atomic mass is 16.5. The van der Waals surface area contributed by atoms with Gasteiger partial charge in [-0.2, -0.15) is 0 Å². The summed E-state index contributed by atoms with van der Waals surface area (Å²) in [6.45, 7) is 8.66. The Labute approximate surface area is 177 Å². The van der Waals surface area contributed by atoms with Crippen LogP contribution in [0.1, 0.15) is 22.3 Å². The summed E-state index contributed by atoms with van der Waals surface area (Å²) in [5, 5.41) is 11.1. The second-order valence-electron chi connectivity index (χ2n) is 7.34. The predicted molar refractivity (Wildman–Crippen MR) is 117 cm³/mol. The summed E-state index contributed by atoms with van der Waals surface area (Å²) in [6.07, 6.45) is 0. The molecular weight excluding hydrogens is 378 g/mol. The zero-order valence-electron chi connectivity index (χ0n) is 17.9. The molecule has 0 aliphatic rings. The quantitative estimate of drug-likeness (QED) is 0.575. The molecule has 0 saturated carbocycles. The monoisotopic (exact) mass is 405 g/mol. The van der Waals surface area contributed by atoms with Crippen LogP contribution in [0.5, 0.6) is 11.6 Å². The summed E-state index contributed by atoms with van der Waals surface area (Å²) in [5.41, 5.74) is 6.21. The molecule has 0 bridgehead atoms. The lowest BCUT2D eigenvalue weighted by Gasteiger charge is -2.13. The van der Waals surface area contributed by atoms with Gasteiger partial charge in [0.15, 0.2) is 6.61 Å². The molecule has 0 fully saturated rings. The lowest BCUT2D eigenvalue weighted by atomic mass is 10.1. The lowest BCUT2D eigenvalue weighted by molar-refractivity contribution is -0.123. The van der Waals surface area contributed by atoms with E-state index in [1.165, 1.54) is 11.1 Å². The van der Waals surface area contributed by atoms with Crippen molar-refractivity contribution >= 4 is 5.91 Å². The standard InChI is InChI=1S/C24H27N3O3/c1-16-5-7-20(8-6-16)21-9-10-23(27-26-21)29-12-11-25-22(28)15-30-24-18(3)13-17(2)14-19(24)4/h5-10,13-14H,11-12,15H2,1-4H3,(H,25,28). The summed E-state index contributed by atoms with van der Waals surface area (Å²) >= 11 is 0. The zero-order valence-corrected chi connectivity index (χ0v) is 17.9. The Balaban J connectivity index is 1.40. The highest BCUT2D eigenvalue weighted by molar-refractivity contribution is 5.77. The molecule has 1 heterocycles. The van der Waals surface area contributed by atoms with Crippen LogP contribution in [-0.2, 0) is 4.79 Å². The van der Waals surface area contributed by atoms with Crippen LogP contribution in [-0.4, -0.2) is 35.9 Å². The normalized spacial score (nSPS) is 10.5. The fraction of sp³-hybridized carbons (Fsp3) is 0.292. The smallest absolute Gasteiger partial charge is 0.258 e. The second-order valence-corrected chi connectivity index (χ2v) is 7.34. The number of hydrogen-bond acceptors (Lipinski definition) is 5. The first-order valence-corrected chi connectivity index (χ1v) is 9.93. The third-order valence-electron chi connectivity index (χ3n) is 4.61. The number of benzene rings is 2. The zero-order chi connectivity index (χ0) is 21.5. The van der Waals surface area contributed by atoms with E-state index < -0.39 is 0 Å². The molecule has 1 N–H and O–H groups in total. The molecule has 156 valence electrons. The van der Waals surface area contributed by atoms with Gasteiger partial charge >= 0.3 is 0 Å². The number of rotatable bonds is 8. The van der Waals surface area contributed by atoms with Crippen molar-refractivity contribution in [2.45, 2.75) is 27.7 Å². The van der Waals surface area contributed by atoms with Crippen LogP contribution >= 0.6 is 0 Å². The summed E-state index contributed by atoms with van der Waals surface area (Å²) in [4.78, 5) is 12.0. The molecule has 3 aromatic rings. The van der Waals surface area contributed by atoms with Crippen LogP contribution in [0, 0.1) is 27.7 Å². The maximum atomic E-state index is 12.0. The van der Waals surface area contributed by atoms with Gasteiger partial charge in [-0.05, 0) is 44.9 Å². The molecular formula is C24H27N3O3. The number of ether oxygens (including phenoxy) is 2. The summed E-state index contributed by atoms with van der Waals surface area (Å²) in [7, 11) is 0. The Morgan fingerprint density at radius 1 is 0.867 bits per heavy atom. The highest BCUT2D eigenvalue weighted by Gasteiger charge is 2.08. The summed E-state index contributed by atoms with van der Waals surface area (Å²) < 4.78 is 11.2. The van der Waals surface area contributed by atoms with E-state index in [-0.39, 0.29) is 12.5 Å². The average Bonchev–Trinajstić information content (AvgIpc) is 2.71. The molecule has 1 aromatic heterocycles. The van der Waals surface area contributed by atoms with Gasteiger partial charge in [0, 0.05) is 11.6 Å². The van der Waals surface area contributed by atoms with Gasteiger partial charge in [0.2, 0.25) is 5.88 Å². The Morgan fingerprint density at radius 2 is 1.57 bits per heavy atom. The van der Waals surface area contributed by atoms with Crippen molar-refractivity contribution in [3.63, 3.8) is 0 Å². The van der Waals surface area contributed by atoms with E-state index in [1.54, 1.807) is 6.07 Å². The Hall–Kier alpha value is -3.41. The van der Waals surface area contributed by atoms with Crippen molar-refractivity contribution in [2.24, 2.45) is 0 Å². The minimum absolute atomic E-state index is 0.0320. The first kappa shape index (κ1) is 21.3. The van der Waals surface area contributed by atoms with E-state index in [0.29, 0.717) is 19.0 Å². The van der Waals surface area contributed by atoms with E-state index in [9.17, 15) is 4.79 Å². The molecule has 0 atom stereocenters. The van der Waals surface area contributed by atoms with E-state index >= 15 is 0 Å². The first-order valence-electron chi connectivity index (χ1n) is 9.93. The molecule has 30 heavy (non-hydrogen) atoms. The molecule has 3 rings (SSSR count). The second kappa shape index (κ2) is 9.87. The molecule has 0 aliphatic heterocycles. The summed E-state index contributed by atoms with van der Waals surface area (Å²) in [5.74, 6) is 0.983. The third-order valence-corrected chi connectivity index (χ3v) is 4.61. The lowest BCUT2D eigenvalue weighted by Crippen LogP contribution is -2.32. The van der Waals surface area contributed by atoms with Gasteiger partial charge < -0.3 is 14.8 Å². The number of hydrogen-bond donors (Lipinski definition) is 1. The van der Waals surface area contributed by atoms with E-state index in [4.69, 9.17) is 9.47 Å². The number of aromatic nitrogens is 2. The molecule has 0 aliphatic carbocycles. The maximum Gasteiger partial charge on any atom is 0.258 e. The number of carbonyl (C=O) groups excluding carboxylic acids is 1. The summed E-state index contributed by atoms with van der Waals surface area (Å²) in [6, 6.07) is 15.8. The van der Waals surface area contributed by atoms with Crippen molar-refractivity contribution in [1.82, 2.24) is 15.5 Å². The number of carbonyl (C=O) groups is 1. The van der Waals surface area contributed by atoms with Crippen LogP contribution in [0.3, 0.4) is 0 Å². The fourth-order valence-corrected chi connectivity index (χ4v) is 3.20. The van der Waals surface area contributed by atoms with Crippen LogP contribution in [0.15, 0.2) is 48.5 Å². The Kier molecular flexibility index (Phi) is 7.01. The van der Waals surface area contributed by atoms with E-state index in [2.05, 4.69) is 15.5 Å². The van der Waals surface area contributed by atoms with Gasteiger partial charge in [-0.25, -0.2) is 0 Å². The van der Waals surface area contributed by atoms with Crippen molar-refractivity contribution in [2.75, 3.05) is 19.8 Å². The Morgan fingerprint density at radius 3 is 2.20 bits per heavy atom. The first-order chi connectivity index (χ1) is 14.4. The fourth-order valence-electron chi connectivity index (χ4n) is 3.20. The average molecular weight is 405 g/mol.